The van der Waals surface area contributed by atoms with Crippen molar-refractivity contribution in [2.75, 3.05) is 23.3 Å². The number of anilines is 2. The van der Waals surface area contributed by atoms with Gasteiger partial charge in [0.2, 0.25) is 5.91 Å². The van der Waals surface area contributed by atoms with Crippen molar-refractivity contribution >= 4 is 17.5 Å². The van der Waals surface area contributed by atoms with Gasteiger partial charge >= 0.3 is 0 Å². The smallest absolute Gasteiger partial charge is 0.229 e. The highest BCUT2D eigenvalue weighted by Gasteiger charge is 2.45. The maximum absolute atomic E-state index is 13.1. The molecule has 2 atom stereocenters. The Bertz CT molecular complexity index is 1210. The van der Waals surface area contributed by atoms with Gasteiger partial charge in [0.15, 0.2) is 11.6 Å². The van der Waals surface area contributed by atoms with E-state index in [1.165, 1.54) is 10.9 Å². The Morgan fingerprint density at radius 2 is 2.06 bits per heavy atom. The summed E-state index contributed by atoms with van der Waals surface area (Å²) in [7, 11) is 0. The van der Waals surface area contributed by atoms with E-state index in [1.54, 1.807) is 12.3 Å². The molecule has 0 radical (unpaired) electrons. The molecule has 184 valence electrons. The number of pyridine rings is 2. The molecular weight excluding hydrogens is 449 g/mol. The minimum absolute atomic E-state index is 0.00630. The number of hydrogen-bond acceptors (Lipinski definition) is 8. The lowest BCUT2D eigenvalue weighted by molar-refractivity contribution is -0.131. The number of nitrogens with zero attached hydrogens (tertiary/aromatic N) is 5. The molecule has 35 heavy (non-hydrogen) atoms. The second-order valence-corrected chi connectivity index (χ2v) is 9.74. The van der Waals surface area contributed by atoms with E-state index in [1.807, 2.05) is 32.0 Å². The molecule has 2 unspecified atom stereocenters. The van der Waals surface area contributed by atoms with Crippen LogP contribution in [-0.2, 0) is 11.3 Å². The summed E-state index contributed by atoms with van der Waals surface area (Å²) in [6.07, 6.45) is 5.15. The fourth-order valence-electron chi connectivity index (χ4n) is 4.45. The van der Waals surface area contributed by atoms with Gasteiger partial charge in [0, 0.05) is 31.9 Å². The molecule has 2 aliphatic heterocycles. The van der Waals surface area contributed by atoms with Crippen LogP contribution in [-0.4, -0.2) is 51.0 Å². The summed E-state index contributed by atoms with van der Waals surface area (Å²) in [5.74, 6) is 1.77. The average Bonchev–Trinajstić information content (AvgIpc) is 3.43. The molecule has 0 aliphatic carbocycles. The molecule has 2 fully saturated rings. The van der Waals surface area contributed by atoms with E-state index in [0.29, 0.717) is 31.5 Å². The highest BCUT2D eigenvalue weighted by Crippen LogP contribution is 2.34. The largest absolute Gasteiger partial charge is 0.354 e. The van der Waals surface area contributed by atoms with Crippen molar-refractivity contribution in [2.45, 2.75) is 45.9 Å². The minimum atomic E-state index is -0.495. The van der Waals surface area contributed by atoms with Crippen molar-refractivity contribution in [3.05, 3.63) is 59.8 Å². The van der Waals surface area contributed by atoms with Gasteiger partial charge in [-0.2, -0.15) is 5.10 Å². The molecule has 4 N–H and O–H groups in total. The third-order valence-electron chi connectivity index (χ3n) is 6.37. The number of nitrogens with one attached hydrogen (secondary N) is 4. The lowest BCUT2D eigenvalue weighted by Gasteiger charge is -2.47. The first-order valence-corrected chi connectivity index (χ1v) is 11.7. The SMILES string of the molecule is Cc1cc(NC2CC(C)NN2)nc(N2CC(C)(C(=O)NCc3ccc(-n4cc(F)cn4)nc3)C2)c1. The van der Waals surface area contributed by atoms with Gasteiger partial charge < -0.3 is 15.5 Å². The van der Waals surface area contributed by atoms with Crippen LogP contribution in [0.3, 0.4) is 0 Å². The van der Waals surface area contributed by atoms with Crippen LogP contribution in [0.25, 0.3) is 5.82 Å². The number of halogens is 1. The number of carbonyl (C=O) groups excluding carboxylic acids is 1. The standard InChI is InChI=1S/C24H30FN9O/c1-15-6-19(29-20-8-16(2)31-32-20)30-22(7-15)33-13-24(3,14-33)23(35)27-10-17-4-5-21(26-9-17)34-12-18(25)11-28-34/h4-7,9,11-12,16,20,31-32H,8,10,13-14H2,1-3H3,(H,27,35)(H,29,30). The number of hydrogen-bond donors (Lipinski definition) is 4. The van der Waals surface area contributed by atoms with Gasteiger partial charge in [0.05, 0.1) is 24.0 Å². The Balaban J connectivity index is 1.15. The molecule has 5 heterocycles. The average molecular weight is 480 g/mol. The van der Waals surface area contributed by atoms with Crippen molar-refractivity contribution in [3.8, 4) is 5.82 Å². The Morgan fingerprint density at radius 1 is 1.23 bits per heavy atom. The van der Waals surface area contributed by atoms with Crippen LogP contribution >= 0.6 is 0 Å². The molecule has 3 aromatic heterocycles. The van der Waals surface area contributed by atoms with Crippen LogP contribution in [0.2, 0.25) is 0 Å². The van der Waals surface area contributed by atoms with Gasteiger partial charge in [0.1, 0.15) is 11.6 Å². The Morgan fingerprint density at radius 3 is 2.71 bits per heavy atom. The molecule has 0 aromatic carbocycles. The molecule has 2 saturated heterocycles. The molecule has 10 nitrogen and oxygen atoms in total. The Labute approximate surface area is 203 Å². The van der Waals surface area contributed by atoms with Gasteiger partial charge in [-0.05, 0) is 56.5 Å². The zero-order valence-corrected chi connectivity index (χ0v) is 20.0. The van der Waals surface area contributed by atoms with E-state index in [2.05, 4.69) is 43.4 Å². The van der Waals surface area contributed by atoms with E-state index in [-0.39, 0.29) is 12.1 Å². The van der Waals surface area contributed by atoms with Crippen LogP contribution in [0.4, 0.5) is 16.0 Å². The number of aryl methyl sites for hydroxylation is 1. The summed E-state index contributed by atoms with van der Waals surface area (Å²) >= 11 is 0. The number of aromatic nitrogens is 4. The molecule has 0 bridgehead atoms. The van der Waals surface area contributed by atoms with Crippen LogP contribution in [0.1, 0.15) is 31.4 Å². The van der Waals surface area contributed by atoms with Crippen LogP contribution in [0, 0.1) is 18.2 Å². The van der Waals surface area contributed by atoms with Crippen LogP contribution in [0.5, 0.6) is 0 Å². The lowest BCUT2D eigenvalue weighted by atomic mass is 9.81. The van der Waals surface area contributed by atoms with E-state index in [0.717, 1.165) is 35.4 Å². The van der Waals surface area contributed by atoms with Gasteiger partial charge in [0.25, 0.3) is 0 Å². The van der Waals surface area contributed by atoms with Crippen molar-refractivity contribution in [2.24, 2.45) is 5.41 Å². The van der Waals surface area contributed by atoms with Crippen molar-refractivity contribution in [3.63, 3.8) is 0 Å². The number of rotatable bonds is 7. The predicted octanol–water partition coefficient (Wildman–Crippen LogP) is 1.88. The van der Waals surface area contributed by atoms with Crippen molar-refractivity contribution in [1.82, 2.24) is 35.9 Å². The first kappa shape index (κ1) is 23.2. The highest BCUT2D eigenvalue weighted by molar-refractivity contribution is 5.85. The second-order valence-electron chi connectivity index (χ2n) is 9.74. The number of hydrazine groups is 1. The van der Waals surface area contributed by atoms with Crippen LogP contribution < -0.4 is 26.4 Å². The maximum atomic E-state index is 13.1. The summed E-state index contributed by atoms with van der Waals surface area (Å²) in [4.78, 5) is 24.1. The third kappa shape index (κ3) is 5.10. The van der Waals surface area contributed by atoms with E-state index >= 15 is 0 Å². The molecule has 0 saturated carbocycles. The minimum Gasteiger partial charge on any atom is -0.354 e. The quantitative estimate of drug-likeness (QED) is 0.407. The molecule has 0 spiro atoms. The zero-order chi connectivity index (χ0) is 24.6. The first-order chi connectivity index (χ1) is 16.8. The van der Waals surface area contributed by atoms with Crippen molar-refractivity contribution in [1.29, 1.82) is 0 Å². The van der Waals surface area contributed by atoms with Gasteiger partial charge in [-0.15, -0.1) is 0 Å². The Kier molecular flexibility index (Phi) is 6.12. The molecular formula is C24H30FN9O. The molecule has 2 aliphatic rings. The van der Waals surface area contributed by atoms with Gasteiger partial charge in [-0.3, -0.25) is 10.2 Å². The second kappa shape index (κ2) is 9.23. The summed E-state index contributed by atoms with van der Waals surface area (Å²) in [6, 6.07) is 8.07. The number of amides is 1. The van der Waals surface area contributed by atoms with Crippen LogP contribution in [0.15, 0.2) is 42.9 Å². The topological polar surface area (TPSA) is 112 Å². The fraction of sp³-hybridized carbons (Fsp3) is 0.417. The highest BCUT2D eigenvalue weighted by atomic mass is 19.1. The third-order valence-corrected chi connectivity index (χ3v) is 6.37. The summed E-state index contributed by atoms with van der Waals surface area (Å²) in [6.45, 7) is 7.70. The summed E-state index contributed by atoms with van der Waals surface area (Å²) < 4.78 is 14.5. The Hall–Kier alpha value is -3.57. The summed E-state index contributed by atoms with van der Waals surface area (Å²) in [5.41, 5.74) is 7.91. The molecule has 1 amide bonds. The molecule has 11 heteroatoms. The monoisotopic (exact) mass is 479 g/mol. The van der Waals surface area contributed by atoms with Gasteiger partial charge in [-0.1, -0.05) is 6.07 Å². The van der Waals surface area contributed by atoms with Crippen molar-refractivity contribution < 1.29 is 9.18 Å². The zero-order valence-electron chi connectivity index (χ0n) is 20.0. The van der Waals surface area contributed by atoms with E-state index in [4.69, 9.17) is 4.98 Å². The number of carbonyl (C=O) groups is 1. The fourth-order valence-corrected chi connectivity index (χ4v) is 4.45. The first-order valence-electron chi connectivity index (χ1n) is 11.7. The lowest BCUT2D eigenvalue weighted by Crippen LogP contribution is -2.62. The van der Waals surface area contributed by atoms with E-state index < -0.39 is 11.2 Å². The van der Waals surface area contributed by atoms with E-state index in [9.17, 15) is 9.18 Å². The predicted molar refractivity (Wildman–Crippen MR) is 130 cm³/mol. The molecule has 3 aromatic rings. The molecule has 5 rings (SSSR count). The summed E-state index contributed by atoms with van der Waals surface area (Å²) in [5, 5.41) is 10.4. The van der Waals surface area contributed by atoms with Gasteiger partial charge in [-0.25, -0.2) is 24.5 Å². The maximum Gasteiger partial charge on any atom is 0.229 e. The normalized spacial score (nSPS) is 21.0.